The monoisotopic (exact) mass is 420 g/mol. The predicted octanol–water partition coefficient (Wildman–Crippen LogP) is 1.47. The third-order valence-electron chi connectivity index (χ3n) is 6.13. The molecule has 0 saturated heterocycles. The molecule has 0 bridgehead atoms. The molecule has 3 N–H and O–H groups in total. The number of sulfonamides is 1. The van der Waals surface area contributed by atoms with Crippen molar-refractivity contribution in [3.8, 4) is 0 Å². The first-order valence-electron chi connectivity index (χ1n) is 9.91. The van der Waals surface area contributed by atoms with Gasteiger partial charge in [0.25, 0.3) is 0 Å². The average molecular weight is 420 g/mol. The molecular formula is C19H23FN5O3S+. The second kappa shape index (κ2) is 6.68. The summed E-state index contributed by atoms with van der Waals surface area (Å²) in [7, 11) is -3.35. The summed E-state index contributed by atoms with van der Waals surface area (Å²) in [5.74, 6) is -1.25. The first-order valence-corrected chi connectivity index (χ1v) is 11.4. The summed E-state index contributed by atoms with van der Waals surface area (Å²) in [5, 5.41) is 7.21. The van der Waals surface area contributed by atoms with Crippen LogP contribution in [0.25, 0.3) is 0 Å². The van der Waals surface area contributed by atoms with E-state index in [0.717, 1.165) is 11.3 Å². The molecule has 0 aromatic heterocycles. The number of carbonyl (C=O) groups is 1. The second-order valence-electron chi connectivity index (χ2n) is 8.01. The minimum Gasteiger partial charge on any atom is -0.385 e. The van der Waals surface area contributed by atoms with Crippen molar-refractivity contribution < 1.29 is 22.3 Å². The van der Waals surface area contributed by atoms with Gasteiger partial charge in [0.2, 0.25) is 15.7 Å². The van der Waals surface area contributed by atoms with Crippen molar-refractivity contribution >= 4 is 21.6 Å². The molecule has 1 fully saturated rings. The van der Waals surface area contributed by atoms with E-state index < -0.39 is 27.9 Å². The quantitative estimate of drug-likeness (QED) is 0.720. The normalized spacial score (nSPS) is 27.2. The van der Waals surface area contributed by atoms with Crippen LogP contribution < -0.4 is 11.1 Å². The molecular weight excluding hydrogens is 397 g/mol. The van der Waals surface area contributed by atoms with E-state index in [1.807, 2.05) is 0 Å². The summed E-state index contributed by atoms with van der Waals surface area (Å²) in [4.78, 5) is 13.4. The van der Waals surface area contributed by atoms with Crippen molar-refractivity contribution in [1.29, 1.82) is 0 Å². The highest BCUT2D eigenvalue weighted by Gasteiger charge is 2.49. The summed E-state index contributed by atoms with van der Waals surface area (Å²) < 4.78 is 41.9. The zero-order valence-electron chi connectivity index (χ0n) is 15.8. The molecule has 5 rings (SSSR count). The highest BCUT2D eigenvalue weighted by atomic mass is 32.2. The number of rotatable bonds is 3. The third kappa shape index (κ3) is 3.10. The van der Waals surface area contributed by atoms with Crippen molar-refractivity contribution in [2.24, 2.45) is 10.8 Å². The van der Waals surface area contributed by atoms with Crippen molar-refractivity contribution in [1.82, 2.24) is 4.31 Å². The molecule has 3 aliphatic heterocycles. The number of azo groups is 2. The zero-order valence-corrected chi connectivity index (χ0v) is 16.7. The van der Waals surface area contributed by atoms with E-state index in [4.69, 9.17) is 5.73 Å². The Morgan fingerprint density at radius 2 is 2.10 bits per heavy atom. The molecule has 1 aromatic carbocycles. The van der Waals surface area contributed by atoms with Gasteiger partial charge in [-0.25, -0.2) is 17.6 Å². The Bertz CT molecular complexity index is 1060. The average Bonchev–Trinajstić information content (AvgIpc) is 3.52. The number of hydrogen-bond donors (Lipinski definition) is 2. The van der Waals surface area contributed by atoms with Crippen LogP contribution in [0.5, 0.6) is 0 Å². The van der Waals surface area contributed by atoms with E-state index in [2.05, 4.69) is 10.4 Å². The van der Waals surface area contributed by atoms with Gasteiger partial charge in [-0.05, 0) is 59.3 Å². The summed E-state index contributed by atoms with van der Waals surface area (Å²) >= 11 is 0. The number of nitrogens with one attached hydrogen (secondary N) is 1. The standard InChI is InChI=1S/C19H23FN5O3S/c20-11-1-4-16-15(9-11)13(5-7-22-16)19(26)25-17-10-24(29(27,28)12-2-3-12)8-6-14(17)18(21)23-25/h1,4,9,12-13,18,22H,2-3,5-8,10,21H2/q+1. The third-order valence-corrected chi connectivity index (χ3v) is 8.48. The molecule has 1 aromatic rings. The van der Waals surface area contributed by atoms with Crippen LogP contribution in [0.1, 0.15) is 37.2 Å². The molecule has 4 aliphatic rings. The summed E-state index contributed by atoms with van der Waals surface area (Å²) in [6, 6.07) is 4.36. The zero-order chi connectivity index (χ0) is 20.3. The van der Waals surface area contributed by atoms with E-state index in [-0.39, 0.29) is 17.7 Å². The highest BCUT2D eigenvalue weighted by molar-refractivity contribution is 7.90. The fraction of sp³-hybridized carbons (Fsp3) is 0.526. The molecule has 2 atom stereocenters. The van der Waals surface area contributed by atoms with Gasteiger partial charge in [0, 0.05) is 24.4 Å². The van der Waals surface area contributed by atoms with Gasteiger partial charge in [0.1, 0.15) is 18.3 Å². The Morgan fingerprint density at radius 3 is 2.86 bits per heavy atom. The van der Waals surface area contributed by atoms with Gasteiger partial charge in [-0.2, -0.15) is 4.31 Å². The number of carbonyl (C=O) groups excluding carboxylic acids is 1. The SMILES string of the molecule is NC1N=[N+](C(=O)C2CCNc3ccc(F)cc32)C2=C1CCN(S(=O)(=O)C1CC1)C2. The molecule has 29 heavy (non-hydrogen) atoms. The Hall–Kier alpha value is -2.17. The first kappa shape index (κ1) is 18.8. The smallest absolute Gasteiger partial charge is 0.385 e. The molecule has 2 unspecified atom stereocenters. The van der Waals surface area contributed by atoms with Gasteiger partial charge >= 0.3 is 5.91 Å². The van der Waals surface area contributed by atoms with E-state index in [9.17, 15) is 17.6 Å². The molecule has 1 aliphatic carbocycles. The van der Waals surface area contributed by atoms with Crippen LogP contribution in [0, 0.1) is 5.82 Å². The number of amides is 1. The number of fused-ring (bicyclic) bond motifs is 1. The predicted molar refractivity (Wildman–Crippen MR) is 103 cm³/mol. The summed E-state index contributed by atoms with van der Waals surface area (Å²) in [5.41, 5.74) is 8.84. The van der Waals surface area contributed by atoms with Crippen molar-refractivity contribution in [2.45, 2.75) is 43.0 Å². The summed E-state index contributed by atoms with van der Waals surface area (Å²) in [6.45, 7) is 1.06. The lowest BCUT2D eigenvalue weighted by atomic mass is 9.90. The van der Waals surface area contributed by atoms with E-state index in [0.29, 0.717) is 50.0 Å². The summed E-state index contributed by atoms with van der Waals surface area (Å²) in [6.07, 6.45) is 1.70. The fourth-order valence-corrected chi connectivity index (χ4v) is 6.20. The van der Waals surface area contributed by atoms with Crippen LogP contribution in [0.2, 0.25) is 0 Å². The molecule has 3 heterocycles. The number of nitrogens with two attached hydrogens (primary N) is 1. The minimum atomic E-state index is -3.35. The van der Waals surface area contributed by atoms with Gasteiger partial charge in [0.15, 0.2) is 6.17 Å². The van der Waals surface area contributed by atoms with Crippen molar-refractivity contribution in [3.63, 3.8) is 0 Å². The lowest BCUT2D eigenvalue weighted by molar-refractivity contribution is -0.467. The molecule has 1 amide bonds. The maximum atomic E-state index is 13.8. The van der Waals surface area contributed by atoms with E-state index in [1.165, 1.54) is 21.1 Å². The van der Waals surface area contributed by atoms with Gasteiger partial charge in [-0.15, -0.1) is 0 Å². The Morgan fingerprint density at radius 1 is 1.31 bits per heavy atom. The lowest BCUT2D eigenvalue weighted by Gasteiger charge is -2.26. The van der Waals surface area contributed by atoms with Crippen LogP contribution in [-0.2, 0) is 14.8 Å². The number of hydrogen-bond acceptors (Lipinski definition) is 6. The van der Waals surface area contributed by atoms with Crippen LogP contribution in [0.3, 0.4) is 0 Å². The van der Waals surface area contributed by atoms with Crippen LogP contribution in [-0.4, -0.2) is 54.4 Å². The van der Waals surface area contributed by atoms with Gasteiger partial charge in [-0.1, -0.05) is 0 Å². The first-order chi connectivity index (χ1) is 13.9. The molecule has 154 valence electrons. The molecule has 1 saturated carbocycles. The Balaban J connectivity index is 1.46. The van der Waals surface area contributed by atoms with Crippen molar-refractivity contribution in [3.05, 3.63) is 40.8 Å². The molecule has 0 radical (unpaired) electrons. The van der Waals surface area contributed by atoms with E-state index >= 15 is 0 Å². The largest absolute Gasteiger partial charge is 0.424 e. The topological polar surface area (TPSA) is 108 Å². The molecule has 10 heteroatoms. The van der Waals surface area contributed by atoms with Gasteiger partial charge in [0.05, 0.1) is 5.25 Å². The van der Waals surface area contributed by atoms with Crippen LogP contribution in [0.15, 0.2) is 34.6 Å². The Kier molecular flexibility index (Phi) is 4.34. The minimum absolute atomic E-state index is 0.109. The van der Waals surface area contributed by atoms with Crippen LogP contribution in [0.4, 0.5) is 10.1 Å². The van der Waals surface area contributed by atoms with Gasteiger partial charge < -0.3 is 11.1 Å². The molecule has 0 spiro atoms. The number of halogens is 1. The number of benzene rings is 1. The van der Waals surface area contributed by atoms with Crippen LogP contribution >= 0.6 is 0 Å². The highest BCUT2D eigenvalue weighted by Crippen LogP contribution is 2.38. The lowest BCUT2D eigenvalue weighted by Crippen LogP contribution is -2.42. The number of anilines is 1. The van der Waals surface area contributed by atoms with Gasteiger partial charge in [-0.3, -0.25) is 0 Å². The Labute approximate surface area is 168 Å². The molecule has 8 nitrogen and oxygen atoms in total. The fourth-order valence-electron chi connectivity index (χ4n) is 4.40. The second-order valence-corrected chi connectivity index (χ2v) is 10.2. The number of nitrogens with zero attached hydrogens (tertiary/aromatic N) is 3. The van der Waals surface area contributed by atoms with E-state index in [1.54, 1.807) is 6.07 Å². The maximum Gasteiger partial charge on any atom is 0.424 e. The maximum absolute atomic E-state index is 13.8. The van der Waals surface area contributed by atoms with Crippen molar-refractivity contribution in [2.75, 3.05) is 25.0 Å².